The Morgan fingerprint density at radius 3 is 2.33 bits per heavy atom. The van der Waals surface area contributed by atoms with Crippen LogP contribution in [0.4, 0.5) is 0 Å². The summed E-state index contributed by atoms with van der Waals surface area (Å²) >= 11 is 6.26. The van der Waals surface area contributed by atoms with Crippen molar-refractivity contribution in [2.45, 2.75) is 20.3 Å². The summed E-state index contributed by atoms with van der Waals surface area (Å²) in [5.74, 6) is 2.20. The average Bonchev–Trinajstić information content (AvgIpc) is 2.33. The molecule has 0 saturated heterocycles. The van der Waals surface area contributed by atoms with Crippen LogP contribution in [0.2, 0.25) is 5.02 Å². The molecule has 0 amide bonds. The average molecular weight is 261 g/mol. The highest BCUT2D eigenvalue weighted by atomic mass is 35.5. The molecule has 0 heterocycles. The van der Waals surface area contributed by atoms with Crippen LogP contribution in [-0.4, -0.2) is 0 Å². The summed E-state index contributed by atoms with van der Waals surface area (Å²) in [6, 6.07) is 15.6. The highest BCUT2D eigenvalue weighted by molar-refractivity contribution is 6.31. The Hall–Kier alpha value is -1.47. The molecule has 0 aromatic heterocycles. The van der Waals surface area contributed by atoms with Crippen LogP contribution in [0.25, 0.3) is 0 Å². The van der Waals surface area contributed by atoms with Crippen LogP contribution >= 0.6 is 11.6 Å². The van der Waals surface area contributed by atoms with E-state index in [9.17, 15) is 0 Å². The molecule has 2 heteroatoms. The van der Waals surface area contributed by atoms with Gasteiger partial charge in [0.05, 0.1) is 0 Å². The van der Waals surface area contributed by atoms with E-state index in [4.69, 9.17) is 16.3 Å². The van der Waals surface area contributed by atoms with E-state index < -0.39 is 0 Å². The molecule has 2 aromatic carbocycles. The second-order valence-corrected chi connectivity index (χ2v) is 5.17. The van der Waals surface area contributed by atoms with Crippen LogP contribution in [0.1, 0.15) is 19.4 Å². The van der Waals surface area contributed by atoms with Crippen molar-refractivity contribution in [3.8, 4) is 11.5 Å². The first-order valence-electron chi connectivity index (χ1n) is 6.16. The van der Waals surface area contributed by atoms with E-state index in [1.807, 2.05) is 48.5 Å². The Kier molecular flexibility index (Phi) is 4.27. The number of halogens is 1. The summed E-state index contributed by atoms with van der Waals surface area (Å²) in [5.41, 5.74) is 1.17. The first-order valence-corrected chi connectivity index (χ1v) is 6.54. The van der Waals surface area contributed by atoms with Gasteiger partial charge in [0.1, 0.15) is 11.5 Å². The zero-order valence-corrected chi connectivity index (χ0v) is 11.4. The molecule has 0 bridgehead atoms. The molecule has 0 spiro atoms. The summed E-state index contributed by atoms with van der Waals surface area (Å²) in [6.45, 7) is 4.37. The second-order valence-electron chi connectivity index (χ2n) is 4.77. The van der Waals surface area contributed by atoms with Crippen LogP contribution < -0.4 is 4.74 Å². The lowest BCUT2D eigenvalue weighted by molar-refractivity contribution is 0.482. The van der Waals surface area contributed by atoms with Crippen molar-refractivity contribution in [3.05, 3.63) is 59.1 Å². The maximum absolute atomic E-state index is 6.26. The van der Waals surface area contributed by atoms with Crippen molar-refractivity contribution in [1.82, 2.24) is 0 Å². The van der Waals surface area contributed by atoms with Gasteiger partial charge < -0.3 is 4.74 Å². The van der Waals surface area contributed by atoms with Crippen LogP contribution in [0, 0.1) is 5.92 Å². The lowest BCUT2D eigenvalue weighted by Crippen LogP contribution is -1.95. The van der Waals surface area contributed by atoms with Gasteiger partial charge in [-0.3, -0.25) is 0 Å². The van der Waals surface area contributed by atoms with Gasteiger partial charge in [-0.1, -0.05) is 49.7 Å². The Balaban J connectivity index is 2.14. The number of ether oxygens (including phenoxy) is 1. The van der Waals surface area contributed by atoms with Crippen molar-refractivity contribution in [2.75, 3.05) is 0 Å². The molecule has 2 rings (SSSR count). The summed E-state index contributed by atoms with van der Waals surface area (Å²) in [5, 5.41) is 0.775. The third-order valence-electron chi connectivity index (χ3n) is 2.63. The minimum Gasteiger partial charge on any atom is -0.457 e. The minimum atomic E-state index is 0.600. The maximum atomic E-state index is 6.26. The smallest absolute Gasteiger partial charge is 0.128 e. The molecule has 0 aliphatic heterocycles. The van der Waals surface area contributed by atoms with Gasteiger partial charge in [-0.05, 0) is 42.2 Å². The fourth-order valence-corrected chi connectivity index (χ4v) is 2.07. The summed E-state index contributed by atoms with van der Waals surface area (Å²) < 4.78 is 5.73. The van der Waals surface area contributed by atoms with Gasteiger partial charge in [0.2, 0.25) is 0 Å². The summed E-state index contributed by atoms with van der Waals surface area (Å²) in [4.78, 5) is 0. The third-order valence-corrected chi connectivity index (χ3v) is 2.98. The number of hydrogen-bond donors (Lipinski definition) is 0. The van der Waals surface area contributed by atoms with Gasteiger partial charge >= 0.3 is 0 Å². The van der Waals surface area contributed by atoms with Crippen LogP contribution in [-0.2, 0) is 6.42 Å². The fourth-order valence-electron chi connectivity index (χ4n) is 1.82. The fraction of sp³-hybridized carbons (Fsp3) is 0.250. The molecule has 0 N–H and O–H groups in total. The lowest BCUT2D eigenvalue weighted by Gasteiger charge is -2.10. The van der Waals surface area contributed by atoms with E-state index in [2.05, 4.69) is 13.8 Å². The predicted octanol–water partition coefficient (Wildman–Crippen LogP) is 5.33. The van der Waals surface area contributed by atoms with E-state index in [0.29, 0.717) is 5.92 Å². The zero-order valence-electron chi connectivity index (χ0n) is 10.7. The number of rotatable bonds is 4. The van der Waals surface area contributed by atoms with Crippen LogP contribution in [0.3, 0.4) is 0 Å². The monoisotopic (exact) mass is 260 g/mol. The molecule has 0 aliphatic carbocycles. The number of hydrogen-bond acceptors (Lipinski definition) is 1. The maximum Gasteiger partial charge on any atom is 0.128 e. The third kappa shape index (κ3) is 3.51. The molecule has 0 unspecified atom stereocenters. The Labute approximate surface area is 113 Å². The van der Waals surface area contributed by atoms with Crippen molar-refractivity contribution < 1.29 is 4.74 Å². The van der Waals surface area contributed by atoms with Crippen molar-refractivity contribution in [3.63, 3.8) is 0 Å². The van der Waals surface area contributed by atoms with Gasteiger partial charge in [-0.15, -0.1) is 0 Å². The Bertz CT molecular complexity index is 506. The predicted molar refractivity (Wildman–Crippen MR) is 76.5 cm³/mol. The Morgan fingerprint density at radius 1 is 1.00 bits per heavy atom. The van der Waals surface area contributed by atoms with Crippen molar-refractivity contribution >= 4 is 11.6 Å². The molecule has 2 aromatic rings. The van der Waals surface area contributed by atoms with Gasteiger partial charge in [-0.25, -0.2) is 0 Å². The van der Waals surface area contributed by atoms with E-state index in [0.717, 1.165) is 22.9 Å². The molecular weight excluding hydrogens is 244 g/mol. The zero-order chi connectivity index (χ0) is 13.0. The highest BCUT2D eigenvalue weighted by Gasteiger charge is 2.05. The first kappa shape index (κ1) is 13.0. The van der Waals surface area contributed by atoms with Crippen molar-refractivity contribution in [1.29, 1.82) is 0 Å². The molecule has 1 nitrogen and oxygen atoms in total. The quantitative estimate of drug-likeness (QED) is 0.722. The van der Waals surface area contributed by atoms with Gasteiger partial charge in [0.15, 0.2) is 0 Å². The van der Waals surface area contributed by atoms with E-state index in [-0.39, 0.29) is 0 Å². The Morgan fingerprint density at radius 2 is 1.72 bits per heavy atom. The lowest BCUT2D eigenvalue weighted by atomic mass is 10.0. The van der Waals surface area contributed by atoms with Gasteiger partial charge in [0.25, 0.3) is 0 Å². The summed E-state index contributed by atoms with van der Waals surface area (Å²) in [6.07, 6.45) is 0.991. The van der Waals surface area contributed by atoms with Crippen LogP contribution in [0.15, 0.2) is 48.5 Å². The molecular formula is C16H17ClO. The molecule has 0 saturated carbocycles. The number of para-hydroxylation sites is 1. The molecule has 0 fully saturated rings. The minimum absolute atomic E-state index is 0.600. The molecule has 94 valence electrons. The molecule has 0 aliphatic rings. The SMILES string of the molecule is CC(C)Cc1ccc(Oc2ccccc2)cc1Cl. The van der Waals surface area contributed by atoms with Gasteiger partial charge in [-0.2, -0.15) is 0 Å². The number of benzene rings is 2. The topological polar surface area (TPSA) is 9.23 Å². The van der Waals surface area contributed by atoms with E-state index >= 15 is 0 Å². The summed E-state index contributed by atoms with van der Waals surface area (Å²) in [7, 11) is 0. The molecule has 18 heavy (non-hydrogen) atoms. The van der Waals surface area contributed by atoms with Gasteiger partial charge in [0, 0.05) is 5.02 Å². The van der Waals surface area contributed by atoms with Crippen molar-refractivity contribution in [2.24, 2.45) is 5.92 Å². The molecule has 0 atom stereocenters. The van der Waals surface area contributed by atoms with Crippen LogP contribution in [0.5, 0.6) is 11.5 Å². The first-order chi connectivity index (χ1) is 8.65. The largest absolute Gasteiger partial charge is 0.457 e. The standard InChI is InChI=1S/C16H17ClO/c1-12(2)10-13-8-9-15(11-16(13)17)18-14-6-4-3-5-7-14/h3-9,11-12H,10H2,1-2H3. The molecule has 0 radical (unpaired) electrons. The normalized spacial score (nSPS) is 10.7. The second kappa shape index (κ2) is 5.92. The van der Waals surface area contributed by atoms with E-state index in [1.165, 1.54) is 5.56 Å². The highest BCUT2D eigenvalue weighted by Crippen LogP contribution is 2.27. The van der Waals surface area contributed by atoms with E-state index in [1.54, 1.807) is 0 Å².